The highest BCUT2D eigenvalue weighted by Crippen LogP contribution is 2.40. The van der Waals surface area contributed by atoms with Gasteiger partial charge in [0.05, 0.1) is 0 Å². The molecule has 0 rings (SSSR count). The highest BCUT2D eigenvalue weighted by molar-refractivity contribution is 7.69. The molecule has 0 fully saturated rings. The van der Waals surface area contributed by atoms with Crippen molar-refractivity contribution in [2.24, 2.45) is 0 Å². The van der Waals surface area contributed by atoms with Crippen molar-refractivity contribution in [2.75, 3.05) is 55.5 Å². The van der Waals surface area contributed by atoms with Crippen LogP contribution in [-0.2, 0) is 4.57 Å². The molecule has 0 aromatic heterocycles. The Kier molecular flexibility index (Phi) is 51.3. The standard InChI is InChI=1S/3C12H27P.CH3O5P/c3*1-4-7-10-13(11-8-5-2)12-9-6-3;2-1(3)7(4,5)6/h3*4-12H2,1-3H3;(H,2,3)(H2,4,5,6). The predicted octanol–water partition coefficient (Wildman–Crippen LogP) is 14.4. The van der Waals surface area contributed by atoms with Crippen LogP contribution in [0.5, 0.6) is 0 Å². The van der Waals surface area contributed by atoms with E-state index in [1.54, 1.807) is 55.5 Å². The summed E-state index contributed by atoms with van der Waals surface area (Å²) in [4.78, 5) is 24.5. The van der Waals surface area contributed by atoms with Crippen LogP contribution < -0.4 is 0 Å². The Morgan fingerprint density at radius 2 is 0.500 bits per heavy atom. The lowest BCUT2D eigenvalue weighted by atomic mass is 10.4. The van der Waals surface area contributed by atoms with Crippen molar-refractivity contribution in [1.82, 2.24) is 0 Å². The molecule has 0 aliphatic heterocycles. The zero-order valence-electron chi connectivity index (χ0n) is 32.5. The van der Waals surface area contributed by atoms with Crippen LogP contribution in [0.2, 0.25) is 0 Å². The Morgan fingerprint density at radius 1 is 0.391 bits per heavy atom. The smallest absolute Gasteiger partial charge is 0.433 e. The first-order valence-electron chi connectivity index (χ1n) is 19.4. The minimum atomic E-state index is -4.82. The van der Waals surface area contributed by atoms with E-state index in [1.807, 2.05) is 0 Å². The minimum absolute atomic E-state index is 0.422. The monoisotopic (exact) mass is 733 g/mol. The largest absolute Gasteiger partial charge is 0.472 e. The lowest BCUT2D eigenvalue weighted by molar-refractivity contribution is 0.208. The van der Waals surface area contributed by atoms with Crippen molar-refractivity contribution in [3.63, 3.8) is 0 Å². The van der Waals surface area contributed by atoms with Crippen LogP contribution in [0.4, 0.5) is 4.79 Å². The van der Waals surface area contributed by atoms with E-state index in [4.69, 9.17) is 14.9 Å². The van der Waals surface area contributed by atoms with E-state index in [9.17, 15) is 9.36 Å². The number of hydrogen-bond acceptors (Lipinski definition) is 2. The molecule has 0 aromatic carbocycles. The van der Waals surface area contributed by atoms with Crippen LogP contribution >= 0.6 is 31.4 Å². The number of carbonyl (C=O) groups is 1. The molecule has 0 atom stereocenters. The van der Waals surface area contributed by atoms with Crippen LogP contribution in [0.3, 0.4) is 0 Å². The molecule has 0 aromatic rings. The molecule has 46 heavy (non-hydrogen) atoms. The summed E-state index contributed by atoms with van der Waals surface area (Å²) in [7, 11) is -3.56. The second kappa shape index (κ2) is 43.9. The topological polar surface area (TPSA) is 94.8 Å². The van der Waals surface area contributed by atoms with Crippen molar-refractivity contribution in [3.8, 4) is 0 Å². The van der Waals surface area contributed by atoms with Crippen LogP contribution in [0, 0.1) is 0 Å². The zero-order valence-corrected chi connectivity index (χ0v) is 36.1. The summed E-state index contributed by atoms with van der Waals surface area (Å²) in [5.41, 5.74) is -2.09. The van der Waals surface area contributed by atoms with Gasteiger partial charge in [0.15, 0.2) is 0 Å². The third kappa shape index (κ3) is 47.0. The van der Waals surface area contributed by atoms with Gasteiger partial charge < -0.3 is 14.9 Å². The Balaban J connectivity index is -0.000000261. The van der Waals surface area contributed by atoms with Gasteiger partial charge in [-0.05, 0) is 113 Å². The second-order valence-corrected chi connectivity index (χ2v) is 22.1. The third-order valence-electron chi connectivity index (χ3n) is 7.70. The van der Waals surface area contributed by atoms with E-state index in [0.717, 1.165) is 0 Å². The zero-order chi connectivity index (χ0) is 35.9. The van der Waals surface area contributed by atoms with Crippen molar-refractivity contribution >= 4 is 37.1 Å². The maximum atomic E-state index is 9.43. The first kappa shape index (κ1) is 53.7. The molecule has 0 unspecified atom stereocenters. The Bertz CT molecular complexity index is 504. The van der Waals surface area contributed by atoms with E-state index in [0.29, 0.717) is 23.8 Å². The Hall–Kier alpha value is 0.910. The van der Waals surface area contributed by atoms with Gasteiger partial charge in [-0.15, -0.1) is 23.8 Å². The van der Waals surface area contributed by atoms with Crippen molar-refractivity contribution in [2.45, 2.75) is 178 Å². The quantitative estimate of drug-likeness (QED) is 0.0696. The third-order valence-corrected chi connectivity index (χ3v) is 16.7. The molecule has 0 saturated carbocycles. The fraction of sp³-hybridized carbons (Fsp3) is 0.973. The molecule has 5 nitrogen and oxygen atoms in total. The van der Waals surface area contributed by atoms with Gasteiger partial charge in [0, 0.05) is 0 Å². The summed E-state index contributed by atoms with van der Waals surface area (Å²) < 4.78 is 9.43. The van der Waals surface area contributed by atoms with Crippen molar-refractivity contribution in [1.29, 1.82) is 0 Å². The predicted molar refractivity (Wildman–Crippen MR) is 219 cm³/mol. The molecule has 0 radical (unpaired) electrons. The van der Waals surface area contributed by atoms with Gasteiger partial charge in [0.25, 0.3) is 0 Å². The molecule has 0 amide bonds. The molecular weight excluding hydrogens is 648 g/mol. The molecule has 0 saturated heterocycles. The average molecular weight is 733 g/mol. The van der Waals surface area contributed by atoms with Crippen molar-refractivity contribution in [3.05, 3.63) is 0 Å². The molecule has 0 aliphatic carbocycles. The average Bonchev–Trinajstić information content (AvgIpc) is 3.04. The van der Waals surface area contributed by atoms with E-state index in [1.165, 1.54) is 116 Å². The van der Waals surface area contributed by atoms with Crippen LogP contribution in [0.25, 0.3) is 0 Å². The molecule has 282 valence electrons. The van der Waals surface area contributed by atoms with E-state index >= 15 is 0 Å². The lowest BCUT2D eigenvalue weighted by Crippen LogP contribution is -1.95. The maximum Gasteiger partial charge on any atom is 0.433 e. The highest BCUT2D eigenvalue weighted by atomic mass is 31.2. The Labute approximate surface area is 293 Å². The van der Waals surface area contributed by atoms with E-state index < -0.39 is 13.3 Å². The van der Waals surface area contributed by atoms with Crippen LogP contribution in [0.15, 0.2) is 0 Å². The summed E-state index contributed by atoms with van der Waals surface area (Å²) in [6, 6.07) is 0. The fourth-order valence-electron chi connectivity index (χ4n) is 4.44. The summed E-state index contributed by atoms with van der Waals surface area (Å²) in [5, 5.41) is 7.49. The van der Waals surface area contributed by atoms with Crippen LogP contribution in [-0.4, -0.2) is 76.1 Å². The number of rotatable bonds is 28. The SMILES string of the molecule is CCCCP(CCCC)CCCC.CCCCP(CCCC)CCCC.CCCCP(CCCC)CCCC.O=C(O)P(=O)(O)O. The number of unbranched alkanes of at least 4 members (excludes halogenated alkanes) is 9. The summed E-state index contributed by atoms with van der Waals surface area (Å²) in [5.74, 6) is 0. The van der Waals surface area contributed by atoms with Gasteiger partial charge >= 0.3 is 13.3 Å². The van der Waals surface area contributed by atoms with Gasteiger partial charge in [0.2, 0.25) is 0 Å². The number of carboxylic acid groups (broad SMARTS) is 1. The van der Waals surface area contributed by atoms with Gasteiger partial charge in [-0.2, -0.15) is 0 Å². The van der Waals surface area contributed by atoms with Gasteiger partial charge in [-0.3, -0.25) is 0 Å². The molecule has 9 heteroatoms. The second-order valence-electron chi connectivity index (χ2n) is 12.5. The summed E-state index contributed by atoms with van der Waals surface area (Å²) in [6.07, 6.45) is 39.6. The summed E-state index contributed by atoms with van der Waals surface area (Å²) in [6.45, 7) is 20.8. The molecule has 3 N–H and O–H groups in total. The molecule has 0 spiro atoms. The number of hydrogen-bond donors (Lipinski definition) is 3. The van der Waals surface area contributed by atoms with Gasteiger partial charge in [0.1, 0.15) is 0 Å². The van der Waals surface area contributed by atoms with Crippen molar-refractivity contribution < 1.29 is 24.3 Å². The molecule has 0 bridgehead atoms. The van der Waals surface area contributed by atoms with E-state index in [-0.39, 0.29) is 0 Å². The minimum Gasteiger partial charge on any atom is -0.472 e. The van der Waals surface area contributed by atoms with Gasteiger partial charge in [-0.1, -0.05) is 120 Å². The maximum absolute atomic E-state index is 9.43. The molecule has 0 aliphatic rings. The normalized spacial score (nSPS) is 11.1. The van der Waals surface area contributed by atoms with Crippen LogP contribution in [0.1, 0.15) is 178 Å². The molecular formula is C37H84O5P4. The first-order chi connectivity index (χ1) is 22.0. The molecule has 0 heterocycles. The summed E-state index contributed by atoms with van der Waals surface area (Å²) >= 11 is 0. The highest BCUT2D eigenvalue weighted by Gasteiger charge is 2.23. The fourth-order valence-corrected chi connectivity index (χ4v) is 13.3. The Morgan fingerprint density at radius 3 is 0.565 bits per heavy atom. The first-order valence-corrected chi connectivity index (χ1v) is 26.7. The van der Waals surface area contributed by atoms with Gasteiger partial charge in [-0.25, -0.2) is 9.36 Å². The van der Waals surface area contributed by atoms with E-state index in [2.05, 4.69) is 62.3 Å². The lowest BCUT2D eigenvalue weighted by Gasteiger charge is -2.16.